The molecule has 0 aliphatic carbocycles. The molecule has 1 aliphatic heterocycles. The predicted molar refractivity (Wildman–Crippen MR) is 147 cm³/mol. The third-order valence-electron chi connectivity index (χ3n) is 6.00. The maximum Gasteiger partial charge on any atom is 0.336 e. The van der Waals surface area contributed by atoms with Crippen LogP contribution in [0.3, 0.4) is 0 Å². The Hall–Kier alpha value is -4.90. The fourth-order valence-electron chi connectivity index (χ4n) is 4.18. The fourth-order valence-corrected chi connectivity index (χ4v) is 4.18. The molecule has 4 rings (SSSR count). The Balaban J connectivity index is 1.60. The van der Waals surface area contributed by atoms with E-state index in [1.165, 1.54) is 6.08 Å². The summed E-state index contributed by atoms with van der Waals surface area (Å²) in [6, 6.07) is 20.0. The minimum Gasteiger partial charge on any atom is -0.497 e. The second kappa shape index (κ2) is 12.6. The van der Waals surface area contributed by atoms with Gasteiger partial charge in [0.05, 0.1) is 26.2 Å². The molecule has 39 heavy (non-hydrogen) atoms. The molecule has 0 fully saturated rings. The van der Waals surface area contributed by atoms with E-state index < -0.39 is 11.9 Å². The van der Waals surface area contributed by atoms with E-state index >= 15 is 0 Å². The molecule has 0 saturated heterocycles. The van der Waals surface area contributed by atoms with Crippen molar-refractivity contribution in [3.8, 4) is 34.8 Å². The molecule has 0 radical (unpaired) electrons. The van der Waals surface area contributed by atoms with Crippen LogP contribution < -0.4 is 29.4 Å². The number of fused-ring (bicyclic) bond motifs is 1. The van der Waals surface area contributed by atoms with E-state index in [-0.39, 0.29) is 17.2 Å². The highest BCUT2D eigenvalue weighted by Crippen LogP contribution is 2.45. The number of benzene rings is 3. The van der Waals surface area contributed by atoms with Crippen LogP contribution in [-0.4, -0.2) is 26.3 Å². The third kappa shape index (κ3) is 6.33. The number of nitrogens with two attached hydrogens (primary N) is 1. The van der Waals surface area contributed by atoms with Gasteiger partial charge in [0.15, 0.2) is 11.5 Å². The smallest absolute Gasteiger partial charge is 0.336 e. The maximum absolute atomic E-state index is 12.5. The summed E-state index contributed by atoms with van der Waals surface area (Å²) in [6.07, 6.45) is 3.85. The minimum atomic E-state index is -0.552. The molecule has 0 aromatic heterocycles. The van der Waals surface area contributed by atoms with Crippen molar-refractivity contribution in [3.63, 3.8) is 0 Å². The van der Waals surface area contributed by atoms with Crippen LogP contribution in [0.15, 0.2) is 78.2 Å². The summed E-state index contributed by atoms with van der Waals surface area (Å²) < 4.78 is 28.1. The Bertz CT molecular complexity index is 1440. The first-order valence-electron chi connectivity index (χ1n) is 12.6. The number of allylic oxidation sites excluding steroid dienone is 1. The number of rotatable bonds is 10. The zero-order chi connectivity index (χ0) is 27.8. The van der Waals surface area contributed by atoms with Gasteiger partial charge < -0.3 is 29.4 Å². The average Bonchev–Trinajstić information content (AvgIpc) is 2.95. The van der Waals surface area contributed by atoms with Gasteiger partial charge in [-0.2, -0.15) is 5.26 Å². The Morgan fingerprint density at radius 2 is 1.79 bits per heavy atom. The normalized spacial score (nSPS) is 14.3. The molecule has 3 aromatic rings. The van der Waals surface area contributed by atoms with E-state index in [1.54, 1.807) is 43.5 Å². The lowest BCUT2D eigenvalue weighted by molar-refractivity contribution is -0.128. The lowest BCUT2D eigenvalue weighted by atomic mass is 9.83. The summed E-state index contributed by atoms with van der Waals surface area (Å²) in [5, 5.41) is 9.91. The molecule has 0 saturated carbocycles. The van der Waals surface area contributed by atoms with Crippen LogP contribution in [-0.2, 0) is 4.79 Å². The van der Waals surface area contributed by atoms with Crippen molar-refractivity contribution >= 4 is 12.0 Å². The minimum absolute atomic E-state index is 0.0119. The number of nitrogens with zero attached hydrogens (tertiary/aromatic N) is 1. The summed E-state index contributed by atoms with van der Waals surface area (Å²) >= 11 is 0. The first-order chi connectivity index (χ1) is 19.0. The van der Waals surface area contributed by atoms with E-state index in [9.17, 15) is 10.1 Å². The van der Waals surface area contributed by atoms with E-state index in [0.717, 1.165) is 23.3 Å². The quantitative estimate of drug-likeness (QED) is 0.203. The van der Waals surface area contributed by atoms with Gasteiger partial charge in [-0.05, 0) is 60.9 Å². The summed E-state index contributed by atoms with van der Waals surface area (Å²) in [5.74, 6) is 1.55. The zero-order valence-electron chi connectivity index (χ0n) is 22.1. The van der Waals surface area contributed by atoms with Gasteiger partial charge in [0.2, 0.25) is 5.88 Å². The number of carbonyl (C=O) groups is 1. The molecule has 1 unspecified atom stereocenters. The molecule has 0 spiro atoms. The largest absolute Gasteiger partial charge is 0.497 e. The molecule has 200 valence electrons. The second-order valence-electron chi connectivity index (χ2n) is 8.64. The summed E-state index contributed by atoms with van der Waals surface area (Å²) in [4.78, 5) is 12.5. The number of carbonyl (C=O) groups excluding carboxylic acids is 1. The van der Waals surface area contributed by atoms with Crippen LogP contribution in [0.25, 0.3) is 6.08 Å². The number of ether oxygens (including phenoxy) is 5. The zero-order valence-corrected chi connectivity index (χ0v) is 22.1. The van der Waals surface area contributed by atoms with Gasteiger partial charge >= 0.3 is 5.97 Å². The molecule has 0 bridgehead atoms. The number of methoxy groups -OCH3 is 1. The lowest BCUT2D eigenvalue weighted by Gasteiger charge is -2.27. The molecule has 8 heteroatoms. The number of esters is 1. The van der Waals surface area contributed by atoms with Gasteiger partial charge in [0, 0.05) is 17.7 Å². The number of hydrogen-bond donors (Lipinski definition) is 1. The Morgan fingerprint density at radius 3 is 2.49 bits per heavy atom. The lowest BCUT2D eigenvalue weighted by Crippen LogP contribution is -2.21. The number of nitriles is 1. The third-order valence-corrected chi connectivity index (χ3v) is 6.00. The first kappa shape index (κ1) is 27.1. The molecule has 1 aliphatic rings. The van der Waals surface area contributed by atoms with Crippen molar-refractivity contribution in [3.05, 3.63) is 94.9 Å². The molecule has 8 nitrogen and oxygen atoms in total. The van der Waals surface area contributed by atoms with Gasteiger partial charge in [-0.3, -0.25) is 0 Å². The van der Waals surface area contributed by atoms with Gasteiger partial charge in [-0.1, -0.05) is 31.2 Å². The monoisotopic (exact) mass is 526 g/mol. The molecule has 1 atom stereocenters. The standard InChI is InChI=1S/C31H30N2O6/c1-4-16-37-26-14-9-21(17-28(26)36-5-2)30-24-13-12-23(18-27(24)39-31(33)25(30)19-32)38-29(34)15-8-20-6-10-22(35-3)11-7-20/h6-15,17-18,30H,4-5,16,33H2,1-3H3/b15-8+. The molecular weight excluding hydrogens is 496 g/mol. The average molecular weight is 527 g/mol. The summed E-state index contributed by atoms with van der Waals surface area (Å²) in [5.41, 5.74) is 8.76. The summed E-state index contributed by atoms with van der Waals surface area (Å²) in [6.45, 7) is 4.95. The molecule has 3 aromatic carbocycles. The molecule has 1 heterocycles. The summed E-state index contributed by atoms with van der Waals surface area (Å²) in [7, 11) is 1.59. The SMILES string of the molecule is CCCOc1ccc(C2C(C#N)=C(N)Oc3cc(OC(=O)/C=C/c4ccc(OC)cc4)ccc32)cc1OCC. The van der Waals surface area contributed by atoms with Gasteiger partial charge in [0.1, 0.15) is 28.9 Å². The molecule has 2 N–H and O–H groups in total. The predicted octanol–water partition coefficient (Wildman–Crippen LogP) is 5.72. The second-order valence-corrected chi connectivity index (χ2v) is 8.64. The van der Waals surface area contributed by atoms with Gasteiger partial charge in [-0.15, -0.1) is 0 Å². The highest BCUT2D eigenvalue weighted by molar-refractivity contribution is 5.88. The van der Waals surface area contributed by atoms with Crippen molar-refractivity contribution in [2.75, 3.05) is 20.3 Å². The highest BCUT2D eigenvalue weighted by Gasteiger charge is 2.31. The Labute approximate surface area is 227 Å². The highest BCUT2D eigenvalue weighted by atomic mass is 16.5. The van der Waals surface area contributed by atoms with Crippen molar-refractivity contribution in [1.29, 1.82) is 5.26 Å². The van der Waals surface area contributed by atoms with E-state index in [2.05, 4.69) is 6.07 Å². The van der Waals surface area contributed by atoms with Gasteiger partial charge in [0.25, 0.3) is 0 Å². The van der Waals surface area contributed by atoms with Crippen molar-refractivity contribution in [2.24, 2.45) is 5.73 Å². The van der Waals surface area contributed by atoms with Crippen LogP contribution in [0.4, 0.5) is 0 Å². The van der Waals surface area contributed by atoms with Crippen LogP contribution in [0.5, 0.6) is 28.7 Å². The van der Waals surface area contributed by atoms with Crippen molar-refractivity contribution in [2.45, 2.75) is 26.2 Å². The van der Waals surface area contributed by atoms with Crippen LogP contribution in [0.2, 0.25) is 0 Å². The Kier molecular flexibility index (Phi) is 8.75. The fraction of sp³-hybridized carbons (Fsp3) is 0.226. The maximum atomic E-state index is 12.5. The van der Waals surface area contributed by atoms with Crippen LogP contribution >= 0.6 is 0 Å². The van der Waals surface area contributed by atoms with E-state index in [4.69, 9.17) is 29.4 Å². The number of hydrogen-bond acceptors (Lipinski definition) is 8. The van der Waals surface area contributed by atoms with Crippen LogP contribution in [0, 0.1) is 11.3 Å². The van der Waals surface area contributed by atoms with E-state index in [1.807, 2.05) is 44.2 Å². The molecule has 0 amide bonds. The van der Waals surface area contributed by atoms with Gasteiger partial charge in [-0.25, -0.2) is 4.79 Å². The topological polar surface area (TPSA) is 113 Å². The Morgan fingerprint density at radius 1 is 1.03 bits per heavy atom. The van der Waals surface area contributed by atoms with Crippen LogP contribution in [0.1, 0.15) is 42.9 Å². The first-order valence-corrected chi connectivity index (χ1v) is 12.6. The van der Waals surface area contributed by atoms with Crippen molar-refractivity contribution in [1.82, 2.24) is 0 Å². The molecular formula is C31H30N2O6. The van der Waals surface area contributed by atoms with Crippen molar-refractivity contribution < 1.29 is 28.5 Å². The van der Waals surface area contributed by atoms with E-state index in [0.29, 0.717) is 36.0 Å².